The molecule has 0 unspecified atom stereocenters. The summed E-state index contributed by atoms with van der Waals surface area (Å²) in [7, 11) is 1.53. The van der Waals surface area contributed by atoms with Gasteiger partial charge in [-0.15, -0.1) is 0 Å². The van der Waals surface area contributed by atoms with Crippen LogP contribution in [0.25, 0.3) is 0 Å². The lowest BCUT2D eigenvalue weighted by Gasteiger charge is -2.07. The van der Waals surface area contributed by atoms with Crippen LogP contribution in [0, 0.1) is 17.5 Å². The summed E-state index contributed by atoms with van der Waals surface area (Å²) in [5.74, 6) is -4.17. The summed E-state index contributed by atoms with van der Waals surface area (Å²) in [5, 5.41) is 2.59. The van der Waals surface area contributed by atoms with Crippen molar-refractivity contribution in [1.29, 1.82) is 0 Å². The summed E-state index contributed by atoms with van der Waals surface area (Å²) >= 11 is 0. The summed E-state index contributed by atoms with van der Waals surface area (Å²) in [6.07, 6.45) is 3.00. The lowest BCUT2D eigenvalue weighted by molar-refractivity contribution is 0.102. The molecule has 0 atom stereocenters. The van der Waals surface area contributed by atoms with Crippen molar-refractivity contribution >= 4 is 11.7 Å². The summed E-state index contributed by atoms with van der Waals surface area (Å²) < 4.78 is 40.8. The van der Waals surface area contributed by atoms with Gasteiger partial charge in [0, 0.05) is 25.5 Å². The van der Waals surface area contributed by atoms with Crippen molar-refractivity contribution in [3.63, 3.8) is 0 Å². The molecule has 0 aliphatic heterocycles. The zero-order valence-corrected chi connectivity index (χ0v) is 14.2. The highest BCUT2D eigenvalue weighted by Gasteiger charge is 2.11. The van der Waals surface area contributed by atoms with E-state index < -0.39 is 23.4 Å². The van der Waals surface area contributed by atoms with Crippen LogP contribution in [0.5, 0.6) is 0 Å². The van der Waals surface area contributed by atoms with Crippen molar-refractivity contribution in [2.75, 3.05) is 5.32 Å². The van der Waals surface area contributed by atoms with Crippen LogP contribution >= 0.6 is 0 Å². The van der Waals surface area contributed by atoms with Crippen molar-refractivity contribution in [2.45, 2.75) is 6.42 Å². The van der Waals surface area contributed by atoms with Crippen molar-refractivity contribution in [3.8, 4) is 0 Å². The number of anilines is 1. The third kappa shape index (κ3) is 4.22. The molecule has 0 saturated carbocycles. The Hall–Kier alpha value is -3.42. The molecule has 3 aromatic rings. The molecule has 0 bridgehead atoms. The van der Waals surface area contributed by atoms with Crippen molar-refractivity contribution in [2.24, 2.45) is 7.05 Å². The van der Waals surface area contributed by atoms with E-state index >= 15 is 0 Å². The first kappa shape index (κ1) is 18.4. The molecular weight excluding hydrogens is 359 g/mol. The van der Waals surface area contributed by atoms with Crippen molar-refractivity contribution in [1.82, 2.24) is 9.55 Å². The number of carbonyl (C=O) groups is 1. The van der Waals surface area contributed by atoms with Gasteiger partial charge in [-0.25, -0.2) is 18.2 Å². The maximum atomic E-state index is 13.3. The van der Waals surface area contributed by atoms with Crippen LogP contribution in [-0.4, -0.2) is 15.5 Å². The predicted molar refractivity (Wildman–Crippen MR) is 93.0 cm³/mol. The third-order valence-corrected chi connectivity index (χ3v) is 3.87. The molecule has 0 aliphatic rings. The van der Waals surface area contributed by atoms with E-state index in [1.54, 1.807) is 6.07 Å². The number of nitrogens with one attached hydrogen (secondary N) is 1. The molecule has 0 radical (unpaired) electrons. The highest BCUT2D eigenvalue weighted by atomic mass is 19.2. The molecular formula is C19H14F3N3O2. The monoisotopic (exact) mass is 373 g/mol. The van der Waals surface area contributed by atoms with E-state index in [1.807, 2.05) is 0 Å². The first-order chi connectivity index (χ1) is 12.8. The molecule has 3 rings (SSSR count). The molecule has 138 valence electrons. The van der Waals surface area contributed by atoms with E-state index in [2.05, 4.69) is 10.3 Å². The Morgan fingerprint density at radius 1 is 1.07 bits per heavy atom. The average molecular weight is 373 g/mol. The van der Waals surface area contributed by atoms with Crippen molar-refractivity contribution in [3.05, 3.63) is 93.3 Å². The van der Waals surface area contributed by atoms with Gasteiger partial charge in [0.1, 0.15) is 5.82 Å². The van der Waals surface area contributed by atoms with E-state index in [-0.39, 0.29) is 23.4 Å². The molecule has 0 spiro atoms. The highest BCUT2D eigenvalue weighted by molar-refractivity contribution is 6.03. The molecule has 27 heavy (non-hydrogen) atoms. The number of hydrogen-bond acceptors (Lipinski definition) is 3. The van der Waals surface area contributed by atoms with Crippen LogP contribution in [0.3, 0.4) is 0 Å². The second-order valence-corrected chi connectivity index (χ2v) is 5.92. The van der Waals surface area contributed by atoms with Crippen LogP contribution in [0.1, 0.15) is 21.5 Å². The van der Waals surface area contributed by atoms with Gasteiger partial charge in [0.25, 0.3) is 5.91 Å². The first-order valence-corrected chi connectivity index (χ1v) is 7.90. The number of amides is 1. The Balaban J connectivity index is 1.71. The molecule has 2 heterocycles. The van der Waals surface area contributed by atoms with Gasteiger partial charge >= 0.3 is 0 Å². The number of nitrogens with zero attached hydrogens (tertiary/aromatic N) is 2. The van der Waals surface area contributed by atoms with Crippen molar-refractivity contribution < 1.29 is 18.0 Å². The zero-order chi connectivity index (χ0) is 19.6. The Labute approximate surface area is 152 Å². The Bertz CT molecular complexity index is 1040. The fourth-order valence-electron chi connectivity index (χ4n) is 2.47. The quantitative estimate of drug-likeness (QED) is 0.715. The molecule has 0 saturated heterocycles. The minimum Gasteiger partial charge on any atom is -0.318 e. The van der Waals surface area contributed by atoms with Gasteiger partial charge in [-0.1, -0.05) is 6.07 Å². The average Bonchev–Trinajstić information content (AvgIpc) is 2.63. The van der Waals surface area contributed by atoms with Crippen LogP contribution in [0.4, 0.5) is 19.0 Å². The molecule has 2 aromatic heterocycles. The predicted octanol–water partition coefficient (Wildman–Crippen LogP) is 3.04. The van der Waals surface area contributed by atoms with Crippen LogP contribution in [-0.2, 0) is 13.5 Å². The second kappa shape index (κ2) is 7.45. The molecule has 0 fully saturated rings. The number of carbonyl (C=O) groups excluding carboxylic acids is 1. The van der Waals surface area contributed by atoms with Crippen LogP contribution < -0.4 is 10.9 Å². The largest absolute Gasteiger partial charge is 0.318 e. The normalized spacial score (nSPS) is 10.7. The first-order valence-electron chi connectivity index (χ1n) is 7.90. The number of rotatable bonds is 4. The summed E-state index contributed by atoms with van der Waals surface area (Å²) in [6.45, 7) is 0. The Morgan fingerprint density at radius 3 is 2.37 bits per heavy atom. The van der Waals surface area contributed by atoms with E-state index in [0.717, 1.165) is 12.1 Å². The van der Waals surface area contributed by atoms with Crippen LogP contribution in [0.15, 0.2) is 53.6 Å². The number of halogens is 3. The van der Waals surface area contributed by atoms with Crippen LogP contribution in [0.2, 0.25) is 0 Å². The minimum atomic E-state index is -1.51. The minimum absolute atomic E-state index is 0.149. The van der Waals surface area contributed by atoms with E-state index in [1.165, 1.54) is 42.2 Å². The molecule has 1 N–H and O–H groups in total. The second-order valence-electron chi connectivity index (χ2n) is 5.92. The standard InChI is InChI=1S/C19H14F3N3O2/c1-25-10-13(3-5-17(25)26)19(27)24-16-4-2-11(9-23-16)6-12-7-14(20)18(22)15(21)8-12/h2-5,7-10H,6H2,1H3,(H,23,24,27). The number of hydrogen-bond donors (Lipinski definition) is 1. The van der Waals surface area contributed by atoms with Gasteiger partial charge in [-0.2, -0.15) is 0 Å². The number of aromatic nitrogens is 2. The van der Waals surface area contributed by atoms with E-state index in [0.29, 0.717) is 11.1 Å². The molecule has 8 heteroatoms. The van der Waals surface area contributed by atoms with Gasteiger partial charge in [-0.3, -0.25) is 9.59 Å². The molecule has 1 amide bonds. The SMILES string of the molecule is Cn1cc(C(=O)Nc2ccc(Cc3cc(F)c(F)c(F)c3)cn2)ccc1=O. The number of pyridine rings is 2. The van der Waals surface area contributed by atoms with Gasteiger partial charge < -0.3 is 9.88 Å². The number of aryl methyl sites for hydroxylation is 1. The Kier molecular flexibility index (Phi) is 5.07. The summed E-state index contributed by atoms with van der Waals surface area (Å²) in [5.41, 5.74) is 0.943. The molecule has 1 aromatic carbocycles. The van der Waals surface area contributed by atoms with Gasteiger partial charge in [0.2, 0.25) is 5.56 Å². The Morgan fingerprint density at radius 2 is 1.78 bits per heavy atom. The van der Waals surface area contributed by atoms with Gasteiger partial charge in [-0.05, 0) is 41.8 Å². The summed E-state index contributed by atoms with van der Waals surface area (Å²) in [6, 6.07) is 7.70. The fraction of sp³-hybridized carbons (Fsp3) is 0.105. The van der Waals surface area contributed by atoms with Gasteiger partial charge in [0.05, 0.1) is 5.56 Å². The smallest absolute Gasteiger partial charge is 0.258 e. The van der Waals surface area contributed by atoms with E-state index in [9.17, 15) is 22.8 Å². The number of benzene rings is 1. The maximum absolute atomic E-state index is 13.3. The summed E-state index contributed by atoms with van der Waals surface area (Å²) in [4.78, 5) is 27.6. The lowest BCUT2D eigenvalue weighted by atomic mass is 10.1. The molecule has 5 nitrogen and oxygen atoms in total. The highest BCUT2D eigenvalue weighted by Crippen LogP contribution is 2.17. The van der Waals surface area contributed by atoms with E-state index in [4.69, 9.17) is 0 Å². The molecule has 0 aliphatic carbocycles. The lowest BCUT2D eigenvalue weighted by Crippen LogP contribution is -2.19. The van der Waals surface area contributed by atoms with Gasteiger partial charge in [0.15, 0.2) is 17.5 Å². The topological polar surface area (TPSA) is 64.0 Å². The third-order valence-electron chi connectivity index (χ3n) is 3.87. The maximum Gasteiger partial charge on any atom is 0.258 e. The fourth-order valence-corrected chi connectivity index (χ4v) is 2.47. The zero-order valence-electron chi connectivity index (χ0n) is 14.2.